The molecule has 0 saturated heterocycles. The van der Waals surface area contributed by atoms with Gasteiger partial charge < -0.3 is 9.15 Å². The van der Waals surface area contributed by atoms with Crippen LogP contribution in [0, 0.1) is 0 Å². The number of hydrogen-bond donors (Lipinski definition) is 0. The smallest absolute Gasteiger partial charge is 0.390 e. The second-order valence-electron chi connectivity index (χ2n) is 5.98. The van der Waals surface area contributed by atoms with E-state index in [1.807, 2.05) is 24.3 Å². The Balaban J connectivity index is 1.61. The molecule has 1 aromatic heterocycles. The fourth-order valence-corrected chi connectivity index (χ4v) is 3.16. The highest BCUT2D eigenvalue weighted by Gasteiger charge is 2.20. The molecule has 0 unspecified atom stereocenters. The normalized spacial score (nSPS) is 12.0. The zero-order valence-electron chi connectivity index (χ0n) is 13.7. The summed E-state index contributed by atoms with van der Waals surface area (Å²) >= 11 is 0. The van der Waals surface area contributed by atoms with Gasteiger partial charge in [-0.05, 0) is 34.7 Å². The van der Waals surface area contributed by atoms with E-state index in [1.54, 1.807) is 6.07 Å². The predicted octanol–water partition coefficient (Wildman–Crippen LogP) is 2.44. The van der Waals surface area contributed by atoms with Crippen LogP contribution in [0.5, 0.6) is 0 Å². The Bertz CT molecular complexity index is 1020. The monoisotopic (exact) mass is 336 g/mol. The maximum atomic E-state index is 12.6. The van der Waals surface area contributed by atoms with E-state index in [9.17, 15) is 9.59 Å². The molecule has 25 heavy (non-hydrogen) atoms. The molecule has 2 aromatic carbocycles. The van der Waals surface area contributed by atoms with Gasteiger partial charge in [-0.2, -0.15) is 4.68 Å². The number of benzene rings is 2. The SMILES string of the molecule is COCc1nn(CC(=O)c2ccc3c(c2)-c2ccccc2C3)c(=O)o1. The van der Waals surface area contributed by atoms with Crippen LogP contribution in [0.15, 0.2) is 51.7 Å². The lowest BCUT2D eigenvalue weighted by Gasteiger charge is -2.05. The Labute approximate surface area is 143 Å². The molecule has 0 N–H and O–H groups in total. The van der Waals surface area contributed by atoms with Crippen LogP contribution in [0.25, 0.3) is 11.1 Å². The van der Waals surface area contributed by atoms with Gasteiger partial charge in [0.05, 0.1) is 0 Å². The number of rotatable bonds is 5. The highest BCUT2D eigenvalue weighted by Crippen LogP contribution is 2.36. The summed E-state index contributed by atoms with van der Waals surface area (Å²) in [5.74, 6) is -0.693. The zero-order chi connectivity index (χ0) is 17.4. The van der Waals surface area contributed by atoms with Crippen LogP contribution >= 0.6 is 0 Å². The van der Waals surface area contributed by atoms with E-state index in [4.69, 9.17) is 9.15 Å². The van der Waals surface area contributed by atoms with Crippen molar-refractivity contribution in [1.82, 2.24) is 9.78 Å². The number of fused-ring (bicyclic) bond motifs is 3. The molecular weight excluding hydrogens is 320 g/mol. The minimum absolute atomic E-state index is 0.0893. The predicted molar refractivity (Wildman–Crippen MR) is 90.5 cm³/mol. The number of carbonyl (C=O) groups is 1. The van der Waals surface area contributed by atoms with Crippen molar-refractivity contribution in [2.75, 3.05) is 7.11 Å². The lowest BCUT2D eigenvalue weighted by atomic mass is 10.0. The molecule has 1 aliphatic carbocycles. The average Bonchev–Trinajstić information content (AvgIpc) is 3.15. The minimum Gasteiger partial charge on any atom is -0.390 e. The van der Waals surface area contributed by atoms with Gasteiger partial charge in [-0.1, -0.05) is 36.4 Å². The molecule has 0 saturated carbocycles. The summed E-state index contributed by atoms with van der Waals surface area (Å²) in [7, 11) is 1.48. The fraction of sp³-hybridized carbons (Fsp3) is 0.211. The van der Waals surface area contributed by atoms with Gasteiger partial charge in [0.2, 0.25) is 5.89 Å². The van der Waals surface area contributed by atoms with E-state index in [0.717, 1.165) is 22.2 Å². The first-order valence-corrected chi connectivity index (χ1v) is 7.96. The summed E-state index contributed by atoms with van der Waals surface area (Å²) in [6, 6.07) is 13.8. The van der Waals surface area contributed by atoms with Crippen molar-refractivity contribution in [2.24, 2.45) is 0 Å². The van der Waals surface area contributed by atoms with Crippen LogP contribution in [0.4, 0.5) is 0 Å². The summed E-state index contributed by atoms with van der Waals surface area (Å²) in [6.45, 7) is -0.0709. The van der Waals surface area contributed by atoms with Gasteiger partial charge in [0, 0.05) is 12.7 Å². The quantitative estimate of drug-likeness (QED) is 0.523. The molecule has 0 fully saturated rings. The van der Waals surface area contributed by atoms with E-state index in [1.165, 1.54) is 18.2 Å². The Morgan fingerprint density at radius 2 is 2.00 bits per heavy atom. The second kappa shape index (κ2) is 6.14. The second-order valence-corrected chi connectivity index (χ2v) is 5.98. The van der Waals surface area contributed by atoms with Crippen molar-refractivity contribution in [2.45, 2.75) is 19.6 Å². The highest BCUT2D eigenvalue weighted by molar-refractivity contribution is 5.97. The molecule has 6 nitrogen and oxygen atoms in total. The molecular formula is C19H16N2O4. The molecule has 0 bridgehead atoms. The van der Waals surface area contributed by atoms with Crippen molar-refractivity contribution in [1.29, 1.82) is 0 Å². The summed E-state index contributed by atoms with van der Waals surface area (Å²) < 4.78 is 10.8. The molecule has 1 aliphatic rings. The van der Waals surface area contributed by atoms with Gasteiger partial charge in [-0.15, -0.1) is 5.10 Å². The van der Waals surface area contributed by atoms with Gasteiger partial charge in [0.1, 0.15) is 13.2 Å². The zero-order valence-corrected chi connectivity index (χ0v) is 13.7. The third-order valence-corrected chi connectivity index (χ3v) is 4.33. The molecule has 0 atom stereocenters. The average molecular weight is 336 g/mol. The number of ether oxygens (including phenoxy) is 1. The number of hydrogen-bond acceptors (Lipinski definition) is 5. The maximum absolute atomic E-state index is 12.6. The van der Waals surface area contributed by atoms with Crippen LogP contribution in [0.1, 0.15) is 27.4 Å². The first-order valence-electron chi connectivity index (χ1n) is 7.96. The Kier molecular flexibility index (Phi) is 3.82. The molecule has 1 heterocycles. The largest absolute Gasteiger partial charge is 0.437 e. The topological polar surface area (TPSA) is 74.3 Å². The van der Waals surface area contributed by atoms with Crippen LogP contribution in [0.3, 0.4) is 0 Å². The lowest BCUT2D eigenvalue weighted by molar-refractivity contribution is 0.0965. The van der Waals surface area contributed by atoms with Crippen LogP contribution in [-0.4, -0.2) is 22.7 Å². The van der Waals surface area contributed by atoms with Crippen LogP contribution in [-0.2, 0) is 24.3 Å². The number of carbonyl (C=O) groups excluding carboxylic acids is 1. The van der Waals surface area contributed by atoms with Crippen LogP contribution in [0.2, 0.25) is 0 Å². The number of ketones is 1. The molecule has 0 spiro atoms. The van der Waals surface area contributed by atoms with Gasteiger partial charge in [-0.3, -0.25) is 4.79 Å². The first-order chi connectivity index (χ1) is 12.2. The minimum atomic E-state index is -0.660. The van der Waals surface area contributed by atoms with Gasteiger partial charge in [0.25, 0.3) is 0 Å². The van der Waals surface area contributed by atoms with Crippen LogP contribution < -0.4 is 5.76 Å². The Morgan fingerprint density at radius 1 is 1.20 bits per heavy atom. The van der Waals surface area contributed by atoms with Crippen molar-refractivity contribution < 1.29 is 13.9 Å². The first kappa shape index (κ1) is 15.5. The third-order valence-electron chi connectivity index (χ3n) is 4.33. The molecule has 0 aliphatic heterocycles. The molecule has 3 aromatic rings. The molecule has 126 valence electrons. The highest BCUT2D eigenvalue weighted by atomic mass is 16.5. The van der Waals surface area contributed by atoms with Crippen molar-refractivity contribution >= 4 is 5.78 Å². The number of methoxy groups -OCH3 is 1. The maximum Gasteiger partial charge on any atom is 0.437 e. The van der Waals surface area contributed by atoms with Gasteiger partial charge >= 0.3 is 5.76 Å². The number of Topliss-reactive ketones (excluding diaryl/α,β-unsaturated/α-hetero) is 1. The summed E-state index contributed by atoms with van der Waals surface area (Å²) in [4.78, 5) is 24.3. The molecule has 0 radical (unpaired) electrons. The van der Waals surface area contributed by atoms with E-state index in [2.05, 4.69) is 17.2 Å². The summed E-state index contributed by atoms with van der Waals surface area (Å²) in [6.07, 6.45) is 0.878. The fourth-order valence-electron chi connectivity index (χ4n) is 3.16. The Morgan fingerprint density at radius 3 is 2.84 bits per heavy atom. The lowest BCUT2D eigenvalue weighted by Crippen LogP contribution is -2.21. The molecule has 0 amide bonds. The summed E-state index contributed by atoms with van der Waals surface area (Å²) in [5.41, 5.74) is 5.26. The Hall–Kier alpha value is -2.99. The van der Waals surface area contributed by atoms with E-state index in [0.29, 0.717) is 5.56 Å². The number of nitrogens with zero attached hydrogens (tertiary/aromatic N) is 2. The van der Waals surface area contributed by atoms with Crippen molar-refractivity contribution in [3.63, 3.8) is 0 Å². The third kappa shape index (κ3) is 2.81. The molecule has 4 rings (SSSR count). The number of aromatic nitrogens is 2. The molecule has 6 heteroatoms. The summed E-state index contributed by atoms with van der Waals surface area (Å²) in [5, 5.41) is 3.97. The van der Waals surface area contributed by atoms with E-state index < -0.39 is 5.76 Å². The standard InChI is InChI=1S/C19H16N2O4/c1-24-11-18-20-21(19(23)25-18)10-17(22)14-7-6-13-8-12-4-2-3-5-15(12)16(13)9-14/h2-7,9H,8,10-11H2,1H3. The van der Waals surface area contributed by atoms with Gasteiger partial charge in [0.15, 0.2) is 5.78 Å². The van der Waals surface area contributed by atoms with Crippen molar-refractivity contribution in [3.05, 3.63) is 75.6 Å². The van der Waals surface area contributed by atoms with Crippen molar-refractivity contribution in [3.8, 4) is 11.1 Å². The van der Waals surface area contributed by atoms with E-state index in [-0.39, 0.29) is 24.8 Å². The van der Waals surface area contributed by atoms with Gasteiger partial charge in [-0.25, -0.2) is 4.79 Å². The van der Waals surface area contributed by atoms with E-state index >= 15 is 0 Å².